The molecule has 2 N–H and O–H groups in total. The van der Waals surface area contributed by atoms with Gasteiger partial charge in [-0.15, -0.1) is 0 Å². The van der Waals surface area contributed by atoms with Crippen LogP contribution in [0, 0.1) is 5.41 Å². The second-order valence-corrected chi connectivity index (χ2v) is 4.69. The van der Waals surface area contributed by atoms with Gasteiger partial charge in [0, 0.05) is 18.3 Å². The number of nitrogens with zero attached hydrogens (tertiary/aromatic N) is 1. The zero-order valence-corrected chi connectivity index (χ0v) is 11.4. The minimum Gasteiger partial charge on any atom is -0.379 e. The molecule has 20 heavy (non-hydrogen) atoms. The Morgan fingerprint density at radius 3 is 3.20 bits per heavy atom. The van der Waals surface area contributed by atoms with Crippen LogP contribution in [0.3, 0.4) is 0 Å². The number of alkyl halides is 1. The van der Waals surface area contributed by atoms with E-state index in [-0.39, 0.29) is 0 Å². The lowest BCUT2D eigenvalue weighted by Crippen LogP contribution is -2.21. The lowest BCUT2D eigenvalue weighted by Gasteiger charge is -2.14. The molecule has 1 aromatic heterocycles. The molecule has 1 unspecified atom stereocenters. The van der Waals surface area contributed by atoms with Crippen LogP contribution in [0.15, 0.2) is 46.7 Å². The van der Waals surface area contributed by atoms with E-state index in [4.69, 9.17) is 9.93 Å². The fourth-order valence-corrected chi connectivity index (χ4v) is 1.97. The molecule has 0 saturated heterocycles. The fourth-order valence-electron chi connectivity index (χ4n) is 1.97. The van der Waals surface area contributed by atoms with Gasteiger partial charge in [0.05, 0.1) is 5.70 Å². The second kappa shape index (κ2) is 6.84. The average molecular weight is 275 g/mol. The Bertz CT molecular complexity index is 543. The van der Waals surface area contributed by atoms with Crippen LogP contribution >= 0.6 is 0 Å². The van der Waals surface area contributed by atoms with E-state index in [1.807, 2.05) is 18.2 Å². The maximum absolute atomic E-state index is 13.9. The Balaban J connectivity index is 2.08. The van der Waals surface area contributed by atoms with Gasteiger partial charge in [-0.2, -0.15) is 0 Å². The van der Waals surface area contributed by atoms with Crippen molar-refractivity contribution in [2.75, 3.05) is 6.54 Å². The number of hydrogen-bond donors (Lipinski definition) is 2. The van der Waals surface area contributed by atoms with Gasteiger partial charge in [-0.3, -0.25) is 0 Å². The third kappa shape index (κ3) is 3.91. The van der Waals surface area contributed by atoms with Crippen molar-refractivity contribution in [2.45, 2.75) is 25.9 Å². The van der Waals surface area contributed by atoms with Crippen LogP contribution in [0.1, 0.15) is 25.5 Å². The molecule has 0 aliphatic heterocycles. The van der Waals surface area contributed by atoms with Crippen molar-refractivity contribution >= 4 is 11.4 Å². The summed E-state index contributed by atoms with van der Waals surface area (Å²) in [6, 6.07) is 1.70. The van der Waals surface area contributed by atoms with Crippen LogP contribution in [0.2, 0.25) is 0 Å². The average Bonchev–Trinajstić information content (AvgIpc) is 2.86. The molecule has 0 aromatic carbocycles. The molecular formula is C15H18FN3O. The number of rotatable bonds is 5. The van der Waals surface area contributed by atoms with Gasteiger partial charge in [0.2, 0.25) is 0 Å². The predicted octanol–water partition coefficient (Wildman–Crippen LogP) is 3.26. The highest BCUT2D eigenvalue weighted by molar-refractivity contribution is 5.96. The van der Waals surface area contributed by atoms with E-state index in [1.54, 1.807) is 19.1 Å². The van der Waals surface area contributed by atoms with Crippen molar-refractivity contribution in [1.29, 1.82) is 5.41 Å². The van der Waals surface area contributed by atoms with E-state index in [1.165, 1.54) is 6.26 Å². The van der Waals surface area contributed by atoms with E-state index < -0.39 is 6.17 Å². The molecule has 106 valence electrons. The lowest BCUT2D eigenvalue weighted by molar-refractivity contribution is 0.359. The highest BCUT2D eigenvalue weighted by atomic mass is 19.1. The highest BCUT2D eigenvalue weighted by Gasteiger charge is 2.14. The van der Waals surface area contributed by atoms with Crippen molar-refractivity contribution in [3.63, 3.8) is 0 Å². The Kier molecular flexibility index (Phi) is 4.87. The molecule has 0 amide bonds. The molecule has 0 fully saturated rings. The van der Waals surface area contributed by atoms with Gasteiger partial charge in [-0.1, -0.05) is 23.4 Å². The second-order valence-electron chi connectivity index (χ2n) is 4.69. The number of nitrogens with one attached hydrogen (secondary N) is 2. The quantitative estimate of drug-likeness (QED) is 0.811. The van der Waals surface area contributed by atoms with Crippen molar-refractivity contribution in [3.05, 3.63) is 47.9 Å². The van der Waals surface area contributed by atoms with E-state index in [9.17, 15) is 4.39 Å². The van der Waals surface area contributed by atoms with E-state index >= 15 is 0 Å². The van der Waals surface area contributed by atoms with Crippen LogP contribution in [-0.2, 0) is 0 Å². The van der Waals surface area contributed by atoms with Crippen LogP contribution < -0.4 is 5.32 Å². The SMILES string of the molecule is CC(=N)/C=C(\NCC1=CC=CCCC1F)c1ccon1. The third-order valence-electron chi connectivity index (χ3n) is 2.99. The predicted molar refractivity (Wildman–Crippen MR) is 77.2 cm³/mol. The van der Waals surface area contributed by atoms with Gasteiger partial charge in [0.15, 0.2) is 0 Å². The summed E-state index contributed by atoms with van der Waals surface area (Å²) in [5, 5.41) is 14.5. The molecular weight excluding hydrogens is 257 g/mol. The van der Waals surface area contributed by atoms with Gasteiger partial charge in [0.25, 0.3) is 0 Å². The Hall–Kier alpha value is -2.17. The van der Waals surface area contributed by atoms with Crippen LogP contribution in [0.5, 0.6) is 0 Å². The van der Waals surface area contributed by atoms with Crippen molar-refractivity contribution in [2.24, 2.45) is 0 Å². The maximum atomic E-state index is 13.9. The molecule has 1 aliphatic rings. The standard InChI is InChI=1S/C15H18FN3O/c1-11(17)9-15(14-7-8-20-19-14)18-10-12-5-3-2-4-6-13(12)16/h2-3,5,7-9,13,17-18H,4,6,10H2,1H3/b15-9-,17-11?. The minimum atomic E-state index is -0.933. The number of hydrogen-bond acceptors (Lipinski definition) is 4. The molecule has 2 rings (SSSR count). The molecule has 0 saturated carbocycles. The Labute approximate surface area is 117 Å². The molecule has 1 aliphatic carbocycles. The van der Waals surface area contributed by atoms with Gasteiger partial charge >= 0.3 is 0 Å². The monoisotopic (exact) mass is 275 g/mol. The van der Waals surface area contributed by atoms with Crippen LogP contribution in [0.4, 0.5) is 4.39 Å². The van der Waals surface area contributed by atoms with E-state index in [2.05, 4.69) is 10.5 Å². The van der Waals surface area contributed by atoms with Crippen LogP contribution in [-0.4, -0.2) is 23.6 Å². The van der Waals surface area contributed by atoms with Gasteiger partial charge in [0.1, 0.15) is 18.1 Å². The topological polar surface area (TPSA) is 61.9 Å². The van der Waals surface area contributed by atoms with Gasteiger partial charge in [-0.05, 0) is 31.4 Å². The summed E-state index contributed by atoms with van der Waals surface area (Å²) in [5.41, 5.74) is 2.36. The van der Waals surface area contributed by atoms with E-state index in [0.717, 1.165) is 6.42 Å². The molecule has 5 heteroatoms. The van der Waals surface area contributed by atoms with Crippen molar-refractivity contribution in [1.82, 2.24) is 10.5 Å². The Morgan fingerprint density at radius 1 is 1.65 bits per heavy atom. The highest BCUT2D eigenvalue weighted by Crippen LogP contribution is 2.18. The normalized spacial score (nSPS) is 19.4. The summed E-state index contributed by atoms with van der Waals surface area (Å²) in [6.45, 7) is 2.06. The fraction of sp³-hybridized carbons (Fsp3) is 0.333. The van der Waals surface area contributed by atoms with E-state index in [0.29, 0.717) is 35.6 Å². The minimum absolute atomic E-state index is 0.386. The third-order valence-corrected chi connectivity index (χ3v) is 2.99. The molecule has 0 spiro atoms. The number of halogens is 1. The smallest absolute Gasteiger partial charge is 0.129 e. The lowest BCUT2D eigenvalue weighted by atomic mass is 10.1. The molecule has 1 atom stereocenters. The summed E-state index contributed by atoms with van der Waals surface area (Å²) in [5.74, 6) is 0. The first-order valence-corrected chi connectivity index (χ1v) is 6.58. The summed E-state index contributed by atoms with van der Waals surface area (Å²) < 4.78 is 18.7. The molecule has 1 aromatic rings. The van der Waals surface area contributed by atoms with Crippen LogP contribution in [0.25, 0.3) is 5.70 Å². The molecule has 0 bridgehead atoms. The molecule has 4 nitrogen and oxygen atoms in total. The first kappa shape index (κ1) is 14.2. The Morgan fingerprint density at radius 2 is 2.50 bits per heavy atom. The van der Waals surface area contributed by atoms with Crippen molar-refractivity contribution in [3.8, 4) is 0 Å². The summed E-state index contributed by atoms with van der Waals surface area (Å²) in [4.78, 5) is 0. The zero-order valence-electron chi connectivity index (χ0n) is 11.4. The summed E-state index contributed by atoms with van der Waals surface area (Å²) >= 11 is 0. The first-order valence-electron chi connectivity index (χ1n) is 6.58. The molecule has 1 heterocycles. The molecule has 0 radical (unpaired) electrons. The number of allylic oxidation sites excluding steroid dienone is 4. The maximum Gasteiger partial charge on any atom is 0.129 e. The van der Waals surface area contributed by atoms with Gasteiger partial charge < -0.3 is 15.2 Å². The summed E-state index contributed by atoms with van der Waals surface area (Å²) in [6.07, 6.45) is 9.12. The zero-order chi connectivity index (χ0) is 14.4. The van der Waals surface area contributed by atoms with Crippen molar-refractivity contribution < 1.29 is 8.91 Å². The number of aromatic nitrogens is 1. The largest absolute Gasteiger partial charge is 0.379 e. The van der Waals surface area contributed by atoms with Gasteiger partial charge in [-0.25, -0.2) is 4.39 Å². The first-order chi connectivity index (χ1) is 9.66. The summed E-state index contributed by atoms with van der Waals surface area (Å²) in [7, 11) is 0.